The van der Waals surface area contributed by atoms with Gasteiger partial charge in [0, 0.05) is 30.0 Å². The lowest BCUT2D eigenvalue weighted by Crippen LogP contribution is -2.39. The van der Waals surface area contributed by atoms with E-state index in [0.717, 1.165) is 86.7 Å². The average Bonchev–Trinajstić information content (AvgIpc) is 3.08. The van der Waals surface area contributed by atoms with Gasteiger partial charge >= 0.3 is 0 Å². The maximum absolute atomic E-state index is 11.3. The minimum Gasteiger partial charge on any atom is -0.459 e. The van der Waals surface area contributed by atoms with Crippen LogP contribution in [0.1, 0.15) is 43.9 Å². The normalized spacial score (nSPS) is 16.1. The number of likely N-dealkylation sites (tertiary alicyclic amines) is 1. The second-order valence-corrected chi connectivity index (χ2v) is 7.99. The van der Waals surface area contributed by atoms with Gasteiger partial charge in [-0.25, -0.2) is 4.99 Å². The molecule has 7 nitrogen and oxygen atoms in total. The molecule has 1 aromatic heterocycles. The number of nitrogens with one attached hydrogen (secondary N) is 2. The number of primary amides is 1. The van der Waals surface area contributed by atoms with Crippen molar-refractivity contribution in [1.29, 1.82) is 0 Å². The van der Waals surface area contributed by atoms with Crippen LogP contribution in [0.5, 0.6) is 0 Å². The molecule has 1 aliphatic rings. The Morgan fingerprint density at radius 1 is 1.23 bits per heavy atom. The molecule has 1 saturated heterocycles. The van der Waals surface area contributed by atoms with E-state index in [9.17, 15) is 4.79 Å². The Morgan fingerprint density at radius 2 is 2.00 bits per heavy atom. The first-order chi connectivity index (χ1) is 14.6. The van der Waals surface area contributed by atoms with Crippen LogP contribution in [0, 0.1) is 12.8 Å². The fraction of sp³-hybridized carbons (Fsp3) is 0.565. The summed E-state index contributed by atoms with van der Waals surface area (Å²) in [5, 5.41) is 7.88. The van der Waals surface area contributed by atoms with E-state index in [-0.39, 0.29) is 11.8 Å². The maximum atomic E-state index is 11.3. The lowest BCUT2D eigenvalue weighted by Gasteiger charge is -2.30. The van der Waals surface area contributed by atoms with Gasteiger partial charge in [0.25, 0.3) is 0 Å². The number of aryl methyl sites for hydroxylation is 1. The van der Waals surface area contributed by atoms with E-state index in [2.05, 4.69) is 35.4 Å². The lowest BCUT2D eigenvalue weighted by molar-refractivity contribution is -0.123. The van der Waals surface area contributed by atoms with Gasteiger partial charge in [-0.15, -0.1) is 0 Å². The van der Waals surface area contributed by atoms with Crippen LogP contribution in [0.25, 0.3) is 11.0 Å². The smallest absolute Gasteiger partial charge is 0.220 e. The number of para-hydroxylation sites is 1. The summed E-state index contributed by atoms with van der Waals surface area (Å²) in [5.74, 6) is 1.65. The second-order valence-electron chi connectivity index (χ2n) is 7.99. The van der Waals surface area contributed by atoms with Crippen molar-refractivity contribution in [2.45, 2.75) is 46.1 Å². The fourth-order valence-electron chi connectivity index (χ4n) is 3.98. The van der Waals surface area contributed by atoms with Gasteiger partial charge in [0.2, 0.25) is 5.91 Å². The number of fused-ring (bicyclic) bond motifs is 1. The molecule has 164 valence electrons. The molecule has 1 amide bonds. The summed E-state index contributed by atoms with van der Waals surface area (Å²) in [4.78, 5) is 18.4. The Labute approximate surface area is 179 Å². The molecule has 2 heterocycles. The standard InChI is InChI=1S/C23H35N5O2/c1-3-25-23(27-16-21-17(2)19-8-4-5-9-20(19)30-21)26-12-6-7-13-28-14-10-18(11-15-28)22(24)29/h4-5,8-9,18H,3,6-7,10-16H2,1-2H3,(H2,24,29)(H2,25,26,27). The molecule has 0 aliphatic carbocycles. The van der Waals surface area contributed by atoms with Gasteiger partial charge in [-0.3, -0.25) is 4.79 Å². The number of benzene rings is 1. The molecule has 0 bridgehead atoms. The molecule has 2 aromatic rings. The molecule has 30 heavy (non-hydrogen) atoms. The Morgan fingerprint density at radius 3 is 2.70 bits per heavy atom. The van der Waals surface area contributed by atoms with Crippen LogP contribution in [-0.4, -0.2) is 49.5 Å². The van der Waals surface area contributed by atoms with Crippen LogP contribution in [0.2, 0.25) is 0 Å². The van der Waals surface area contributed by atoms with Crippen molar-refractivity contribution in [2.24, 2.45) is 16.6 Å². The minimum absolute atomic E-state index is 0.0668. The molecule has 1 aromatic carbocycles. The summed E-state index contributed by atoms with van der Waals surface area (Å²) in [6.07, 6.45) is 3.98. The van der Waals surface area contributed by atoms with E-state index in [1.165, 1.54) is 0 Å². The number of aliphatic imine (C=N–C) groups is 1. The molecule has 3 rings (SSSR count). The molecule has 0 radical (unpaired) electrons. The fourth-order valence-corrected chi connectivity index (χ4v) is 3.98. The number of amides is 1. The molecule has 1 fully saturated rings. The SMILES string of the molecule is CCNC(=NCc1oc2ccccc2c1C)NCCCCN1CCC(C(N)=O)CC1. The van der Waals surface area contributed by atoms with Crippen molar-refractivity contribution >= 4 is 22.8 Å². The summed E-state index contributed by atoms with van der Waals surface area (Å²) in [6, 6.07) is 8.10. The van der Waals surface area contributed by atoms with E-state index in [1.807, 2.05) is 18.2 Å². The van der Waals surface area contributed by atoms with Crippen molar-refractivity contribution < 1.29 is 9.21 Å². The third-order valence-electron chi connectivity index (χ3n) is 5.85. The highest BCUT2D eigenvalue weighted by molar-refractivity contribution is 5.82. The number of guanidine groups is 1. The first kappa shape index (κ1) is 22.2. The monoisotopic (exact) mass is 413 g/mol. The Bertz CT molecular complexity index is 852. The molecule has 1 aliphatic heterocycles. The van der Waals surface area contributed by atoms with Gasteiger partial charge in [-0.2, -0.15) is 0 Å². The van der Waals surface area contributed by atoms with Crippen molar-refractivity contribution in [3.05, 3.63) is 35.6 Å². The number of nitrogens with zero attached hydrogens (tertiary/aromatic N) is 2. The molecule has 0 atom stereocenters. The first-order valence-corrected chi connectivity index (χ1v) is 11.1. The number of carbonyl (C=O) groups excluding carboxylic acids is 1. The zero-order valence-electron chi connectivity index (χ0n) is 18.2. The van der Waals surface area contributed by atoms with Crippen LogP contribution in [0.15, 0.2) is 33.7 Å². The number of carbonyl (C=O) groups is 1. The van der Waals surface area contributed by atoms with E-state index in [1.54, 1.807) is 0 Å². The quantitative estimate of drug-likeness (QED) is 0.334. The Kier molecular flexibility index (Phi) is 8.13. The average molecular weight is 414 g/mol. The van der Waals surface area contributed by atoms with E-state index < -0.39 is 0 Å². The summed E-state index contributed by atoms with van der Waals surface area (Å²) < 4.78 is 5.96. The number of furan rings is 1. The van der Waals surface area contributed by atoms with Crippen molar-refractivity contribution in [2.75, 3.05) is 32.7 Å². The zero-order chi connectivity index (χ0) is 21.3. The van der Waals surface area contributed by atoms with Gasteiger partial charge in [0.05, 0.1) is 0 Å². The van der Waals surface area contributed by atoms with E-state index in [4.69, 9.17) is 15.1 Å². The highest BCUT2D eigenvalue weighted by Crippen LogP contribution is 2.25. The van der Waals surface area contributed by atoms with Gasteiger partial charge in [0.1, 0.15) is 17.9 Å². The topological polar surface area (TPSA) is 95.9 Å². The number of rotatable bonds is 9. The number of piperidine rings is 1. The maximum Gasteiger partial charge on any atom is 0.220 e. The summed E-state index contributed by atoms with van der Waals surface area (Å²) >= 11 is 0. The number of nitrogens with two attached hydrogens (primary N) is 1. The van der Waals surface area contributed by atoms with Crippen LogP contribution >= 0.6 is 0 Å². The highest BCUT2D eigenvalue weighted by Gasteiger charge is 2.22. The van der Waals surface area contributed by atoms with Crippen LogP contribution in [-0.2, 0) is 11.3 Å². The molecule has 4 N–H and O–H groups in total. The van der Waals surface area contributed by atoms with Crippen molar-refractivity contribution in [1.82, 2.24) is 15.5 Å². The lowest BCUT2D eigenvalue weighted by atomic mass is 9.96. The summed E-state index contributed by atoms with van der Waals surface area (Å²) in [6.45, 7) is 9.39. The van der Waals surface area contributed by atoms with Crippen LogP contribution in [0.4, 0.5) is 0 Å². The van der Waals surface area contributed by atoms with Crippen LogP contribution < -0.4 is 16.4 Å². The second kappa shape index (κ2) is 11.0. The van der Waals surface area contributed by atoms with Gasteiger partial charge in [-0.1, -0.05) is 18.2 Å². The van der Waals surface area contributed by atoms with Crippen molar-refractivity contribution in [3.8, 4) is 0 Å². The summed E-state index contributed by atoms with van der Waals surface area (Å²) in [5.41, 5.74) is 7.48. The first-order valence-electron chi connectivity index (χ1n) is 11.1. The van der Waals surface area contributed by atoms with Gasteiger partial charge in [0.15, 0.2) is 5.96 Å². The Hall–Kier alpha value is -2.54. The molecule has 0 saturated carbocycles. The molecular weight excluding hydrogens is 378 g/mol. The highest BCUT2D eigenvalue weighted by atomic mass is 16.3. The van der Waals surface area contributed by atoms with E-state index >= 15 is 0 Å². The van der Waals surface area contributed by atoms with Crippen molar-refractivity contribution in [3.63, 3.8) is 0 Å². The third kappa shape index (κ3) is 5.98. The van der Waals surface area contributed by atoms with E-state index in [0.29, 0.717) is 6.54 Å². The zero-order valence-corrected chi connectivity index (χ0v) is 18.2. The predicted octanol–water partition coefficient (Wildman–Crippen LogP) is 2.77. The number of hydrogen-bond donors (Lipinski definition) is 3. The molecular formula is C23H35N5O2. The molecule has 0 unspecified atom stereocenters. The Balaban J connectivity index is 1.41. The largest absolute Gasteiger partial charge is 0.459 e. The van der Waals surface area contributed by atoms with Crippen LogP contribution in [0.3, 0.4) is 0 Å². The van der Waals surface area contributed by atoms with Gasteiger partial charge < -0.3 is 25.7 Å². The predicted molar refractivity (Wildman–Crippen MR) is 121 cm³/mol. The van der Waals surface area contributed by atoms with Gasteiger partial charge in [-0.05, 0) is 65.2 Å². The number of hydrogen-bond acceptors (Lipinski definition) is 4. The molecule has 0 spiro atoms. The summed E-state index contributed by atoms with van der Waals surface area (Å²) in [7, 11) is 0. The third-order valence-corrected chi connectivity index (χ3v) is 5.85. The number of unbranched alkanes of at least 4 members (excludes halogenated alkanes) is 1. The molecule has 7 heteroatoms. The minimum atomic E-state index is -0.146.